The molecule has 1 aromatic heterocycles. The van der Waals surface area contributed by atoms with E-state index in [4.69, 9.17) is 4.74 Å². The number of ether oxygens (including phenoxy) is 1. The zero-order chi connectivity index (χ0) is 25.5. The molecule has 1 fully saturated rings. The maximum absolute atomic E-state index is 14.8. The van der Waals surface area contributed by atoms with E-state index in [-0.39, 0.29) is 24.2 Å². The smallest absolute Gasteiger partial charge is 0.225 e. The van der Waals surface area contributed by atoms with Gasteiger partial charge in [-0.1, -0.05) is 38.1 Å². The molecular weight excluding hydrogens is 462 g/mol. The van der Waals surface area contributed by atoms with Crippen molar-refractivity contribution in [1.82, 2.24) is 15.3 Å². The van der Waals surface area contributed by atoms with Crippen LogP contribution < -0.4 is 15.0 Å². The molecule has 6 nitrogen and oxygen atoms in total. The highest BCUT2D eigenvalue weighted by Gasteiger charge is 2.23. The Morgan fingerprint density at radius 1 is 1.00 bits per heavy atom. The monoisotopic (exact) mass is 494 g/mol. The molecule has 3 aromatic rings. The first kappa shape index (κ1) is 25.5. The summed E-state index contributed by atoms with van der Waals surface area (Å²) in [5, 5.41) is 2.81. The molecule has 1 amide bonds. The fourth-order valence-corrected chi connectivity index (χ4v) is 4.20. The summed E-state index contributed by atoms with van der Waals surface area (Å²) in [6.07, 6.45) is 6.71. The van der Waals surface area contributed by atoms with Gasteiger partial charge in [-0.05, 0) is 59.6 Å². The maximum atomic E-state index is 14.8. The number of halogens is 2. The number of hydrogen-bond donors (Lipinski definition) is 1. The first-order valence-corrected chi connectivity index (χ1v) is 12.5. The number of benzene rings is 2. The molecule has 0 unspecified atom stereocenters. The summed E-state index contributed by atoms with van der Waals surface area (Å²) in [4.78, 5) is 22.4. The third-order valence-corrected chi connectivity index (χ3v) is 6.56. The highest BCUT2D eigenvalue weighted by Crippen LogP contribution is 2.30. The molecule has 0 aliphatic carbocycles. The lowest BCUT2D eigenvalue weighted by Crippen LogP contribution is -2.36. The second kappa shape index (κ2) is 11.9. The van der Waals surface area contributed by atoms with Gasteiger partial charge in [-0.2, -0.15) is 0 Å². The topological polar surface area (TPSA) is 67.3 Å². The van der Waals surface area contributed by atoms with Crippen LogP contribution in [0, 0.1) is 17.6 Å². The zero-order valence-corrected chi connectivity index (χ0v) is 20.8. The van der Waals surface area contributed by atoms with Crippen molar-refractivity contribution in [1.29, 1.82) is 0 Å². The van der Waals surface area contributed by atoms with E-state index in [2.05, 4.69) is 27.1 Å². The summed E-state index contributed by atoms with van der Waals surface area (Å²) < 4.78 is 35.2. The minimum atomic E-state index is -0.717. The molecule has 0 radical (unpaired) electrons. The number of anilines is 1. The summed E-state index contributed by atoms with van der Waals surface area (Å²) in [5.74, 6) is -0.871. The van der Waals surface area contributed by atoms with Crippen LogP contribution in [0.1, 0.15) is 44.2 Å². The van der Waals surface area contributed by atoms with Crippen LogP contribution in [0.15, 0.2) is 48.8 Å². The van der Waals surface area contributed by atoms with Crippen molar-refractivity contribution >= 4 is 11.9 Å². The number of hydrogen-bond acceptors (Lipinski definition) is 5. The molecule has 8 heteroatoms. The summed E-state index contributed by atoms with van der Waals surface area (Å²) >= 11 is 0. The Hall–Kier alpha value is -3.55. The van der Waals surface area contributed by atoms with Gasteiger partial charge in [-0.25, -0.2) is 18.7 Å². The van der Waals surface area contributed by atoms with Crippen molar-refractivity contribution < 1.29 is 18.3 Å². The average Bonchev–Trinajstić information content (AvgIpc) is 2.92. The standard InChI is InChI=1S/C28H32F2N4O2/c1-3-19-15-32-28(33-16-19)34-11-9-21(10-12-34)18-36-27-24(29)13-23(14-25(27)30)22-7-5-20(6-8-22)17-31-26(35)4-2/h5-8,13-16,21H,3-4,9-12,17-18H2,1-2H3,(H,31,35). The number of carbonyl (C=O) groups excluding carboxylic acids is 1. The third-order valence-electron chi connectivity index (χ3n) is 6.56. The normalized spacial score (nSPS) is 14.1. The van der Waals surface area contributed by atoms with Crippen LogP contribution in [0.2, 0.25) is 0 Å². The van der Waals surface area contributed by atoms with Crippen molar-refractivity contribution in [2.75, 3.05) is 24.6 Å². The predicted octanol–water partition coefficient (Wildman–Crippen LogP) is 5.31. The van der Waals surface area contributed by atoms with Crippen LogP contribution in [0.3, 0.4) is 0 Å². The molecule has 0 bridgehead atoms. The van der Waals surface area contributed by atoms with E-state index in [1.807, 2.05) is 24.5 Å². The Labute approximate surface area is 210 Å². The van der Waals surface area contributed by atoms with Crippen molar-refractivity contribution in [3.8, 4) is 16.9 Å². The summed E-state index contributed by atoms with van der Waals surface area (Å²) in [5.41, 5.74) is 3.14. The Morgan fingerprint density at radius 3 is 2.22 bits per heavy atom. The van der Waals surface area contributed by atoms with Gasteiger partial charge >= 0.3 is 0 Å². The molecule has 4 rings (SSSR count). The molecule has 0 atom stereocenters. The molecule has 1 saturated heterocycles. The number of amides is 1. The quantitative estimate of drug-likeness (QED) is 0.437. The number of carbonyl (C=O) groups is 1. The summed E-state index contributed by atoms with van der Waals surface area (Å²) in [7, 11) is 0. The van der Waals surface area contributed by atoms with Crippen LogP contribution in [0.4, 0.5) is 14.7 Å². The molecule has 2 aromatic carbocycles. The van der Waals surface area contributed by atoms with Gasteiger partial charge in [0, 0.05) is 38.4 Å². The molecule has 190 valence electrons. The fraction of sp³-hybridized carbons (Fsp3) is 0.393. The second-order valence-electron chi connectivity index (χ2n) is 9.08. The van der Waals surface area contributed by atoms with Crippen LogP contribution in [-0.2, 0) is 17.8 Å². The summed E-state index contributed by atoms with van der Waals surface area (Å²) in [6, 6.07) is 9.84. The lowest BCUT2D eigenvalue weighted by molar-refractivity contribution is -0.120. The lowest BCUT2D eigenvalue weighted by Gasteiger charge is -2.31. The highest BCUT2D eigenvalue weighted by molar-refractivity contribution is 5.75. The van der Waals surface area contributed by atoms with Crippen molar-refractivity contribution in [2.24, 2.45) is 5.92 Å². The van der Waals surface area contributed by atoms with Gasteiger partial charge in [0.1, 0.15) is 0 Å². The first-order chi connectivity index (χ1) is 17.5. The van der Waals surface area contributed by atoms with Gasteiger partial charge in [-0.15, -0.1) is 0 Å². The van der Waals surface area contributed by atoms with Crippen molar-refractivity contribution in [3.63, 3.8) is 0 Å². The van der Waals surface area contributed by atoms with Crippen molar-refractivity contribution in [3.05, 3.63) is 71.6 Å². The molecule has 0 spiro atoms. The van der Waals surface area contributed by atoms with Crippen LogP contribution in [0.5, 0.6) is 5.75 Å². The average molecular weight is 495 g/mol. The van der Waals surface area contributed by atoms with E-state index < -0.39 is 11.6 Å². The maximum Gasteiger partial charge on any atom is 0.225 e. The van der Waals surface area contributed by atoms with E-state index in [1.165, 1.54) is 12.1 Å². The van der Waals surface area contributed by atoms with Gasteiger partial charge in [0.25, 0.3) is 0 Å². The fourth-order valence-electron chi connectivity index (χ4n) is 4.20. The number of nitrogens with zero attached hydrogens (tertiary/aromatic N) is 3. The van der Waals surface area contributed by atoms with Crippen LogP contribution in [0.25, 0.3) is 11.1 Å². The van der Waals surface area contributed by atoms with Crippen LogP contribution in [-0.4, -0.2) is 35.6 Å². The molecule has 1 N–H and O–H groups in total. The second-order valence-corrected chi connectivity index (χ2v) is 9.08. The minimum absolute atomic E-state index is 0.0277. The Morgan fingerprint density at radius 2 is 1.64 bits per heavy atom. The third kappa shape index (κ3) is 6.36. The molecule has 1 aliphatic heterocycles. The minimum Gasteiger partial charge on any atom is -0.487 e. The predicted molar refractivity (Wildman–Crippen MR) is 136 cm³/mol. The largest absolute Gasteiger partial charge is 0.487 e. The van der Waals surface area contributed by atoms with Crippen LogP contribution >= 0.6 is 0 Å². The number of aryl methyl sites for hydroxylation is 1. The highest BCUT2D eigenvalue weighted by atomic mass is 19.1. The van der Waals surface area contributed by atoms with E-state index in [1.54, 1.807) is 19.1 Å². The Balaban J connectivity index is 1.32. The lowest BCUT2D eigenvalue weighted by atomic mass is 9.98. The first-order valence-electron chi connectivity index (χ1n) is 12.5. The van der Waals surface area contributed by atoms with Gasteiger partial charge in [0.2, 0.25) is 11.9 Å². The number of aromatic nitrogens is 2. The zero-order valence-electron chi connectivity index (χ0n) is 20.8. The Kier molecular flexibility index (Phi) is 8.46. The van der Waals surface area contributed by atoms with Gasteiger partial charge in [-0.3, -0.25) is 4.79 Å². The van der Waals surface area contributed by atoms with Crippen molar-refractivity contribution in [2.45, 2.75) is 46.1 Å². The molecule has 36 heavy (non-hydrogen) atoms. The Bertz CT molecular complexity index is 1140. The number of piperidine rings is 1. The van der Waals surface area contributed by atoms with Gasteiger partial charge in [0.05, 0.1) is 6.61 Å². The van der Waals surface area contributed by atoms with E-state index >= 15 is 0 Å². The van der Waals surface area contributed by atoms with E-state index in [0.717, 1.165) is 49.4 Å². The number of rotatable bonds is 9. The SMILES string of the molecule is CCC(=O)NCc1ccc(-c2cc(F)c(OCC3CCN(c4ncc(CC)cn4)CC3)c(F)c2)cc1. The van der Waals surface area contributed by atoms with Gasteiger partial charge < -0.3 is 15.0 Å². The number of nitrogens with one attached hydrogen (secondary N) is 1. The van der Waals surface area contributed by atoms with Gasteiger partial charge in [0.15, 0.2) is 17.4 Å². The molecule has 0 saturated carbocycles. The molecule has 1 aliphatic rings. The van der Waals surface area contributed by atoms with E-state index in [0.29, 0.717) is 24.1 Å². The summed E-state index contributed by atoms with van der Waals surface area (Å²) in [6.45, 7) is 6.09. The van der Waals surface area contributed by atoms with E-state index in [9.17, 15) is 13.6 Å². The molecular formula is C28H32F2N4O2. The molecule has 2 heterocycles.